The van der Waals surface area contributed by atoms with Gasteiger partial charge in [-0.15, -0.1) is 0 Å². The van der Waals surface area contributed by atoms with Crippen molar-refractivity contribution in [1.29, 1.82) is 0 Å². The van der Waals surface area contributed by atoms with Crippen molar-refractivity contribution in [2.45, 2.75) is 25.2 Å². The van der Waals surface area contributed by atoms with Crippen molar-refractivity contribution < 1.29 is 77.5 Å². The van der Waals surface area contributed by atoms with Crippen molar-refractivity contribution in [3.63, 3.8) is 0 Å². The van der Waals surface area contributed by atoms with E-state index in [1.807, 2.05) is 0 Å². The molecule has 0 saturated heterocycles. The summed E-state index contributed by atoms with van der Waals surface area (Å²) in [7, 11) is 3.07. The maximum atomic E-state index is 12.8. The number of isocyanates is 1. The van der Waals surface area contributed by atoms with Gasteiger partial charge in [0, 0.05) is 69.2 Å². The van der Waals surface area contributed by atoms with E-state index in [4.69, 9.17) is 32.7 Å². The molecule has 6 aromatic carbocycles. The molecular weight excluding hydrogens is 1140 g/mol. The molecule has 0 aromatic heterocycles. The second kappa shape index (κ2) is 35.7. The number of carboxylic acids is 2. The van der Waals surface area contributed by atoms with E-state index in [0.29, 0.717) is 48.6 Å². The van der Waals surface area contributed by atoms with Crippen LogP contribution < -0.4 is 42.0 Å². The van der Waals surface area contributed by atoms with Gasteiger partial charge in [0.15, 0.2) is 0 Å². The summed E-state index contributed by atoms with van der Waals surface area (Å²) in [5.74, 6) is -5.81. The zero-order valence-electron chi connectivity index (χ0n) is 45.0. The SMILES string of the molecule is COCCN=C=O.COCCNC(=O)Oc1cccc(CNC(=O)c2ccc(C(=O)NC(CNC(=O)c3ccccc3)C(=O)O)c(Cl)c2)c1.O=C(NCc1cccc(O)c1)c1ccc(C(=O)NC(CNC(=O)c2ccccc2)C(=O)O)c(Cl)c1. The summed E-state index contributed by atoms with van der Waals surface area (Å²) in [4.78, 5) is 123. The number of aliphatic carboxylic acids is 2. The number of carbonyl (C=O) groups is 9. The molecule has 0 aliphatic rings. The first-order chi connectivity index (χ1) is 40.3. The van der Waals surface area contributed by atoms with E-state index in [-0.39, 0.29) is 70.0 Å². The van der Waals surface area contributed by atoms with Crippen LogP contribution in [0.2, 0.25) is 10.0 Å². The highest BCUT2D eigenvalue weighted by Gasteiger charge is 2.25. The molecule has 6 rings (SSSR count). The molecule has 6 aromatic rings. The topological polar surface area (TPSA) is 356 Å². The van der Waals surface area contributed by atoms with Crippen LogP contribution >= 0.6 is 23.2 Å². The number of hydrogen-bond donors (Lipinski definition) is 10. The van der Waals surface area contributed by atoms with Gasteiger partial charge in [-0.1, -0.05) is 83.9 Å². The third-order valence-corrected chi connectivity index (χ3v) is 11.8. The van der Waals surface area contributed by atoms with Crippen LogP contribution in [0.4, 0.5) is 4.79 Å². The number of aliphatic imine (C=N–C) groups is 1. The monoisotopic (exact) mass is 1190 g/mol. The number of amides is 7. The molecule has 2 unspecified atom stereocenters. The molecule has 0 heterocycles. The predicted molar refractivity (Wildman–Crippen MR) is 306 cm³/mol. The first kappa shape index (κ1) is 66.5. The summed E-state index contributed by atoms with van der Waals surface area (Å²) in [6, 6.07) is 34.5. The Balaban J connectivity index is 0.000000327. The van der Waals surface area contributed by atoms with Gasteiger partial charge in [0.2, 0.25) is 6.08 Å². The number of nitrogens with zero attached hydrogens (tertiary/aromatic N) is 1. The Bertz CT molecular complexity index is 3300. The zero-order chi connectivity index (χ0) is 61.4. The van der Waals surface area contributed by atoms with E-state index in [9.17, 15) is 63.3 Å². The molecule has 0 radical (unpaired) electrons. The number of hydrogen-bond acceptors (Lipinski definition) is 15. The molecule has 0 fully saturated rings. The number of nitrogens with one attached hydrogen (secondary N) is 7. The third-order valence-electron chi connectivity index (χ3n) is 11.1. The molecule has 26 heteroatoms. The summed E-state index contributed by atoms with van der Waals surface area (Å²) in [6.45, 7) is 1.11. The Morgan fingerprint density at radius 2 is 0.964 bits per heavy atom. The minimum absolute atomic E-state index is 0.0307. The number of rotatable bonds is 25. The van der Waals surface area contributed by atoms with Gasteiger partial charge in [-0.3, -0.25) is 28.8 Å². The predicted octanol–water partition coefficient (Wildman–Crippen LogP) is 5.18. The van der Waals surface area contributed by atoms with Crippen molar-refractivity contribution in [1.82, 2.24) is 37.2 Å². The van der Waals surface area contributed by atoms with E-state index in [0.717, 1.165) is 0 Å². The molecule has 10 N–H and O–H groups in total. The van der Waals surface area contributed by atoms with Gasteiger partial charge < -0.3 is 66.7 Å². The first-order valence-corrected chi connectivity index (χ1v) is 25.8. The minimum atomic E-state index is -1.43. The number of aromatic hydroxyl groups is 1. The van der Waals surface area contributed by atoms with Gasteiger partial charge in [-0.05, 0) is 96.1 Å². The van der Waals surface area contributed by atoms with Gasteiger partial charge in [0.1, 0.15) is 23.6 Å². The Kier molecular flexibility index (Phi) is 28.3. The minimum Gasteiger partial charge on any atom is -0.508 e. The molecule has 2 atom stereocenters. The van der Waals surface area contributed by atoms with Crippen LogP contribution in [0.1, 0.15) is 73.3 Å². The van der Waals surface area contributed by atoms with Crippen LogP contribution in [0, 0.1) is 0 Å². The largest absolute Gasteiger partial charge is 0.508 e. The zero-order valence-corrected chi connectivity index (χ0v) is 46.5. The molecule has 0 spiro atoms. The van der Waals surface area contributed by atoms with E-state index >= 15 is 0 Å². The molecule has 440 valence electrons. The lowest BCUT2D eigenvalue weighted by atomic mass is 10.1. The highest BCUT2D eigenvalue weighted by molar-refractivity contribution is 6.34. The first-order valence-electron chi connectivity index (χ1n) is 25.1. The van der Waals surface area contributed by atoms with Crippen LogP contribution in [0.25, 0.3) is 0 Å². The Labute approximate surface area is 490 Å². The number of phenolic OH excluding ortho intramolecular Hbond substituents is 1. The van der Waals surface area contributed by atoms with Crippen molar-refractivity contribution in [2.75, 3.05) is 53.6 Å². The van der Waals surface area contributed by atoms with E-state index in [2.05, 4.69) is 46.9 Å². The van der Waals surface area contributed by atoms with E-state index in [1.165, 1.54) is 61.7 Å². The molecule has 0 bridgehead atoms. The summed E-state index contributed by atoms with van der Waals surface area (Å²) in [5.41, 5.74) is 2.31. The van der Waals surface area contributed by atoms with Crippen LogP contribution in [-0.2, 0) is 36.9 Å². The van der Waals surface area contributed by atoms with Crippen molar-refractivity contribution >= 4 is 82.8 Å². The molecule has 0 saturated carbocycles. The second-order valence-electron chi connectivity index (χ2n) is 17.2. The number of carbonyl (C=O) groups excluding carboxylic acids is 8. The Hall–Kier alpha value is -9.97. The lowest BCUT2D eigenvalue weighted by molar-refractivity contribution is -0.140. The standard InChI is InChI=1S/C29H29ClN4O8.C25H22ClN3O6.C4H7NO2/c1-41-13-12-31-29(40)42-21-9-5-6-18(14-21)16-32-26(36)20-10-11-22(23(30)15-20)27(37)34-24(28(38)39)17-33-25(35)19-7-3-2-4-8-19;26-20-12-17(23(32)27-13-15-5-4-8-18(30)11-15)9-10-19(20)24(33)29-21(25(34)35)14-28-22(31)16-6-2-1-3-7-16;1-7-3-2-5-4-6/h2-11,14-15,24H,12-13,16-17H2,1H3,(H,31,40)(H,32,36)(H,33,35)(H,34,37)(H,38,39);1-12,21,30H,13-14H2,(H,27,32)(H,28,31)(H,29,33)(H,34,35);2-3H2,1H3. The molecule has 7 amide bonds. The van der Waals surface area contributed by atoms with Gasteiger partial charge in [-0.2, -0.15) is 0 Å². The van der Waals surface area contributed by atoms with Crippen molar-refractivity contribution in [3.8, 4) is 11.5 Å². The Morgan fingerprint density at radius 1 is 0.512 bits per heavy atom. The third kappa shape index (κ3) is 23.2. The van der Waals surface area contributed by atoms with E-state index < -0.39 is 65.6 Å². The smallest absolute Gasteiger partial charge is 0.412 e. The average Bonchev–Trinajstić information content (AvgIpc) is 3.60. The van der Waals surface area contributed by atoms with E-state index in [1.54, 1.807) is 104 Å². The van der Waals surface area contributed by atoms with Crippen molar-refractivity contribution in [2.24, 2.45) is 4.99 Å². The fourth-order valence-corrected chi connectivity index (χ4v) is 7.39. The molecule has 0 aliphatic heterocycles. The summed E-state index contributed by atoms with van der Waals surface area (Å²) in [5, 5.41) is 45.8. The van der Waals surface area contributed by atoms with Gasteiger partial charge in [0.05, 0.1) is 40.9 Å². The number of carboxylic acid groups (broad SMARTS) is 2. The number of halogens is 2. The summed E-state index contributed by atoms with van der Waals surface area (Å²) >= 11 is 12.4. The summed E-state index contributed by atoms with van der Waals surface area (Å²) < 4.78 is 14.6. The molecule has 24 nitrogen and oxygen atoms in total. The number of ether oxygens (including phenoxy) is 3. The van der Waals surface area contributed by atoms with Crippen LogP contribution in [0.15, 0.2) is 151 Å². The average molecular weight is 1190 g/mol. The van der Waals surface area contributed by atoms with Crippen molar-refractivity contribution in [3.05, 3.63) is 200 Å². The fourth-order valence-electron chi connectivity index (χ4n) is 6.86. The lowest BCUT2D eigenvalue weighted by Gasteiger charge is -2.16. The van der Waals surface area contributed by atoms with Crippen LogP contribution in [-0.4, -0.2) is 141 Å². The summed E-state index contributed by atoms with van der Waals surface area (Å²) in [6.07, 6.45) is 0.757. The Morgan fingerprint density at radius 3 is 1.39 bits per heavy atom. The maximum Gasteiger partial charge on any atom is 0.412 e. The van der Waals surface area contributed by atoms with Crippen LogP contribution in [0.3, 0.4) is 0 Å². The molecule has 0 aliphatic carbocycles. The number of benzene rings is 6. The lowest BCUT2D eigenvalue weighted by Crippen LogP contribution is -2.48. The van der Waals surface area contributed by atoms with Crippen LogP contribution in [0.5, 0.6) is 11.5 Å². The van der Waals surface area contributed by atoms with Gasteiger partial charge >= 0.3 is 18.0 Å². The molecular formula is C58H58Cl2N8O16. The normalized spacial score (nSPS) is 10.9. The molecule has 84 heavy (non-hydrogen) atoms. The van der Waals surface area contributed by atoms with Gasteiger partial charge in [-0.25, -0.2) is 24.2 Å². The fraction of sp³-hybridized carbons (Fsp3) is 0.207. The van der Waals surface area contributed by atoms with Gasteiger partial charge in [0.25, 0.3) is 35.4 Å². The highest BCUT2D eigenvalue weighted by atomic mass is 35.5. The second-order valence-corrected chi connectivity index (χ2v) is 18.0. The number of phenols is 1. The maximum absolute atomic E-state index is 12.8. The number of methoxy groups -OCH3 is 2. The highest BCUT2D eigenvalue weighted by Crippen LogP contribution is 2.21. The quantitative estimate of drug-likeness (QED) is 0.0201.